The Morgan fingerprint density at radius 3 is 2.24 bits per heavy atom. The summed E-state index contributed by atoms with van der Waals surface area (Å²) in [5.41, 5.74) is 0.481. The van der Waals surface area contributed by atoms with Crippen LogP contribution in [0, 0.1) is 5.82 Å². The minimum atomic E-state index is -4.83. The number of carbonyl (C=O) groups excluding carboxylic acids is 6. The predicted molar refractivity (Wildman–Crippen MR) is 193 cm³/mol. The van der Waals surface area contributed by atoms with Crippen LogP contribution in [0.5, 0.6) is 0 Å². The Morgan fingerprint density at radius 1 is 0.873 bits per heavy atom. The third kappa shape index (κ3) is 10.2. The van der Waals surface area contributed by atoms with Crippen LogP contribution in [0.25, 0.3) is 0 Å². The molecular formula is C41H43F4N3O7. The smallest absolute Gasteiger partial charge is 0.418 e. The van der Waals surface area contributed by atoms with Crippen LogP contribution in [0.1, 0.15) is 98.2 Å². The lowest BCUT2D eigenvalue weighted by Crippen LogP contribution is -2.51. The van der Waals surface area contributed by atoms with E-state index in [1.165, 1.54) is 24.3 Å². The Labute approximate surface area is 316 Å². The van der Waals surface area contributed by atoms with Gasteiger partial charge in [0.15, 0.2) is 5.78 Å². The quantitative estimate of drug-likeness (QED) is 0.0794. The second-order valence-corrected chi connectivity index (χ2v) is 14.0. The number of imide groups is 1. The van der Waals surface area contributed by atoms with Crippen molar-refractivity contribution < 1.29 is 51.1 Å². The molecule has 3 aromatic carbocycles. The average molecular weight is 766 g/mol. The summed E-state index contributed by atoms with van der Waals surface area (Å²) >= 11 is 0. The van der Waals surface area contributed by atoms with Crippen LogP contribution in [0.4, 0.5) is 28.0 Å². The lowest BCUT2D eigenvalue weighted by atomic mass is 9.94. The summed E-state index contributed by atoms with van der Waals surface area (Å²) in [5, 5.41) is 2.75. The maximum absolute atomic E-state index is 13.8. The van der Waals surface area contributed by atoms with Gasteiger partial charge in [-0.25, -0.2) is 14.1 Å². The molecule has 0 aromatic heterocycles. The Morgan fingerprint density at radius 2 is 1.55 bits per heavy atom. The first kappa shape index (κ1) is 40.8. The maximum atomic E-state index is 13.8. The van der Waals surface area contributed by atoms with Gasteiger partial charge >= 0.3 is 12.3 Å². The van der Waals surface area contributed by atoms with Gasteiger partial charge in [0.05, 0.1) is 0 Å². The minimum Gasteiger partial charge on any atom is -0.427 e. The topological polar surface area (TPSA) is 130 Å². The van der Waals surface area contributed by atoms with E-state index in [1.807, 2.05) is 30.3 Å². The molecule has 14 heteroatoms. The number of unbranched alkanes of at least 4 members (excludes halogenated alkanes) is 4. The number of rotatable bonds is 18. The van der Waals surface area contributed by atoms with Gasteiger partial charge in [-0.3, -0.25) is 24.0 Å². The predicted octanol–water partition coefficient (Wildman–Crippen LogP) is 7.83. The largest absolute Gasteiger partial charge is 0.427 e. The number of hydrogen-bond donors (Lipinski definition) is 1. The van der Waals surface area contributed by atoms with Gasteiger partial charge in [0.25, 0.3) is 5.91 Å². The van der Waals surface area contributed by atoms with E-state index in [4.69, 9.17) is 4.74 Å². The summed E-state index contributed by atoms with van der Waals surface area (Å²) in [5.74, 6) is -2.94. The number of ketones is 2. The van der Waals surface area contributed by atoms with E-state index in [9.17, 15) is 46.3 Å². The van der Waals surface area contributed by atoms with Gasteiger partial charge < -0.3 is 15.0 Å². The molecule has 1 aliphatic heterocycles. The minimum absolute atomic E-state index is 0.0214. The molecule has 2 atom stereocenters. The molecule has 55 heavy (non-hydrogen) atoms. The van der Waals surface area contributed by atoms with Gasteiger partial charge in [-0.1, -0.05) is 67.8 Å². The van der Waals surface area contributed by atoms with E-state index in [0.29, 0.717) is 51.4 Å². The maximum Gasteiger partial charge on any atom is 0.418 e. The van der Waals surface area contributed by atoms with E-state index in [1.54, 1.807) is 6.07 Å². The van der Waals surface area contributed by atoms with Crippen molar-refractivity contribution in [2.24, 2.45) is 0 Å². The molecule has 3 aromatic rings. The van der Waals surface area contributed by atoms with Crippen LogP contribution in [0.2, 0.25) is 0 Å². The van der Waals surface area contributed by atoms with E-state index < -0.39 is 54.6 Å². The molecule has 1 N–H and O–H groups in total. The van der Waals surface area contributed by atoms with Gasteiger partial charge in [0, 0.05) is 55.5 Å². The van der Waals surface area contributed by atoms with Crippen LogP contribution in [-0.4, -0.2) is 63.9 Å². The number of alkyl halides is 3. The molecule has 1 aliphatic carbocycles. The Bertz CT molecular complexity index is 1900. The van der Waals surface area contributed by atoms with Crippen LogP contribution in [-0.2, 0) is 42.5 Å². The zero-order valence-corrected chi connectivity index (χ0v) is 30.5. The molecule has 1 saturated heterocycles. The van der Waals surface area contributed by atoms with Gasteiger partial charge in [-0.2, -0.15) is 13.2 Å². The fourth-order valence-electron chi connectivity index (χ4n) is 6.87. The van der Waals surface area contributed by atoms with Gasteiger partial charge in [-0.15, -0.1) is 0 Å². The number of ether oxygens (including phenoxy) is 1. The Balaban J connectivity index is 1.08. The molecule has 1 heterocycles. The SMILES string of the molecule is C[C@H](N(Cc1ccc(F)cc1)C(=O)CN1C(=O)O[C@@]2(CCc3cc(NC(=O)CCC(=O)CCCCCCCC(=O)c4ccccc4)ccc32)C1=O)C(F)(F)F. The van der Waals surface area contributed by atoms with E-state index in [2.05, 4.69) is 5.32 Å². The molecule has 0 radical (unpaired) electrons. The summed E-state index contributed by atoms with van der Waals surface area (Å²) in [4.78, 5) is 78.1. The van der Waals surface area contributed by atoms with Crippen LogP contribution >= 0.6 is 0 Å². The zero-order valence-electron chi connectivity index (χ0n) is 30.5. The molecule has 0 bridgehead atoms. The lowest BCUT2D eigenvalue weighted by Gasteiger charge is -2.31. The van der Waals surface area contributed by atoms with Crippen molar-refractivity contribution in [2.75, 3.05) is 11.9 Å². The number of carbonyl (C=O) groups is 6. The molecule has 5 rings (SSSR count). The molecule has 0 saturated carbocycles. The third-order valence-electron chi connectivity index (χ3n) is 10.1. The van der Waals surface area contributed by atoms with Crippen molar-refractivity contribution in [1.82, 2.24) is 9.80 Å². The summed E-state index contributed by atoms with van der Waals surface area (Å²) in [6.45, 7) is -0.770. The zero-order chi connectivity index (χ0) is 39.8. The number of aryl methyl sites for hydroxylation is 1. The first-order valence-corrected chi connectivity index (χ1v) is 18.4. The molecule has 1 fully saturated rings. The standard InChI is InChI=1S/C41H43F4N3O7/c1-27(41(43,44)45)47(25-28-14-16-31(42)17-15-28)37(52)26-48-38(53)40(55-39(48)54)23-22-30-24-32(18-20-34(30)40)46-36(51)21-19-33(49)12-8-3-2-4-9-13-35(50)29-10-6-5-7-11-29/h5-7,10-11,14-18,20,24,27H,2-4,8-9,12-13,19,21-23,25-26H2,1H3,(H,46,51)/t27-,40+/m0/s1. The number of nitrogens with one attached hydrogen (secondary N) is 1. The second kappa shape index (κ2) is 17.8. The number of benzene rings is 3. The van der Waals surface area contributed by atoms with Crippen molar-refractivity contribution in [1.29, 1.82) is 0 Å². The fourth-order valence-corrected chi connectivity index (χ4v) is 6.87. The molecule has 10 nitrogen and oxygen atoms in total. The molecule has 292 valence electrons. The number of fused-ring (bicyclic) bond motifs is 2. The Kier molecular flexibility index (Phi) is 13.2. The molecule has 0 unspecified atom stereocenters. The van der Waals surface area contributed by atoms with Crippen molar-refractivity contribution >= 4 is 41.1 Å². The molecule has 1 spiro atoms. The van der Waals surface area contributed by atoms with E-state index in [0.717, 1.165) is 44.7 Å². The summed E-state index contributed by atoms with van der Waals surface area (Å²) < 4.78 is 60.2. The van der Waals surface area contributed by atoms with E-state index in [-0.39, 0.29) is 48.7 Å². The highest BCUT2D eigenvalue weighted by Gasteiger charge is 2.58. The highest BCUT2D eigenvalue weighted by atomic mass is 19.4. The first-order valence-electron chi connectivity index (χ1n) is 18.4. The normalized spacial score (nSPS) is 16.9. The van der Waals surface area contributed by atoms with E-state index >= 15 is 0 Å². The van der Waals surface area contributed by atoms with Crippen molar-refractivity contribution in [3.63, 3.8) is 0 Å². The number of hydrogen-bond acceptors (Lipinski definition) is 7. The van der Waals surface area contributed by atoms with Gasteiger partial charge in [-0.05, 0) is 61.6 Å². The highest BCUT2D eigenvalue weighted by Crippen LogP contribution is 2.46. The molecule has 2 aliphatic rings. The van der Waals surface area contributed by atoms with Crippen molar-refractivity contribution in [3.05, 3.63) is 101 Å². The summed E-state index contributed by atoms with van der Waals surface area (Å²) in [6.07, 6.45) is -0.644. The van der Waals surface area contributed by atoms with Gasteiger partial charge in [0.2, 0.25) is 17.4 Å². The number of Topliss-reactive ketones (excluding diaryl/α,β-unsaturated/α-hetero) is 2. The number of amides is 4. The van der Waals surface area contributed by atoms with Crippen LogP contribution in [0.3, 0.4) is 0 Å². The van der Waals surface area contributed by atoms with Crippen LogP contribution < -0.4 is 5.32 Å². The van der Waals surface area contributed by atoms with Crippen molar-refractivity contribution in [2.45, 2.75) is 102 Å². The number of nitrogens with zero attached hydrogens (tertiary/aromatic N) is 2. The van der Waals surface area contributed by atoms with Gasteiger partial charge in [0.1, 0.15) is 24.2 Å². The number of anilines is 1. The lowest BCUT2D eigenvalue weighted by molar-refractivity contribution is -0.187. The summed E-state index contributed by atoms with van der Waals surface area (Å²) in [6, 6.07) is 16.1. The number of halogens is 4. The molecular weight excluding hydrogens is 722 g/mol. The second-order valence-electron chi connectivity index (χ2n) is 14.0. The Hall–Kier alpha value is -5.40. The summed E-state index contributed by atoms with van der Waals surface area (Å²) in [7, 11) is 0. The van der Waals surface area contributed by atoms with Crippen LogP contribution in [0.15, 0.2) is 72.8 Å². The fraction of sp³-hybridized carbons (Fsp3) is 0.415. The first-order chi connectivity index (χ1) is 26.2. The highest BCUT2D eigenvalue weighted by molar-refractivity contribution is 6.06. The average Bonchev–Trinajstić information content (AvgIpc) is 3.63. The molecule has 4 amide bonds. The monoisotopic (exact) mass is 765 g/mol. The van der Waals surface area contributed by atoms with Crippen molar-refractivity contribution in [3.8, 4) is 0 Å². The third-order valence-corrected chi connectivity index (χ3v) is 10.1.